The minimum absolute atomic E-state index is 0.0488. The molecule has 24 heavy (non-hydrogen) atoms. The van der Waals surface area contributed by atoms with Crippen LogP contribution in [0.25, 0.3) is 11.3 Å². The summed E-state index contributed by atoms with van der Waals surface area (Å²) in [7, 11) is 0. The molecule has 0 saturated carbocycles. The second-order valence-electron chi connectivity index (χ2n) is 5.25. The lowest BCUT2D eigenvalue weighted by atomic mass is 10.1. The van der Waals surface area contributed by atoms with Crippen molar-refractivity contribution in [2.24, 2.45) is 0 Å². The molecule has 0 radical (unpaired) electrons. The highest BCUT2D eigenvalue weighted by atomic mass is 16.4. The van der Waals surface area contributed by atoms with Gasteiger partial charge in [-0.05, 0) is 29.8 Å². The first-order chi connectivity index (χ1) is 11.6. The van der Waals surface area contributed by atoms with Crippen molar-refractivity contribution in [3.05, 3.63) is 78.1 Å². The zero-order chi connectivity index (χ0) is 16.9. The van der Waals surface area contributed by atoms with Crippen LogP contribution in [-0.4, -0.2) is 17.0 Å². The number of nitrogens with one attached hydrogen (secondary N) is 1. The van der Waals surface area contributed by atoms with E-state index in [0.717, 1.165) is 5.56 Å². The smallest absolute Gasteiger partial charge is 0.307 e. The standard InChI is InChI=1S/C19H15NO4/c21-18(22)12-13-6-8-15(9-7-13)20-19(23)17-11-10-16(24-17)14-4-2-1-3-5-14/h1-11H,12H2,(H,20,23)(H,21,22). The van der Waals surface area contributed by atoms with Crippen LogP contribution in [-0.2, 0) is 11.2 Å². The zero-order valence-corrected chi connectivity index (χ0v) is 12.7. The van der Waals surface area contributed by atoms with Crippen molar-refractivity contribution < 1.29 is 19.1 Å². The lowest BCUT2D eigenvalue weighted by Gasteiger charge is -2.04. The van der Waals surface area contributed by atoms with Crippen LogP contribution in [0.3, 0.4) is 0 Å². The maximum absolute atomic E-state index is 12.2. The van der Waals surface area contributed by atoms with Crippen molar-refractivity contribution in [1.29, 1.82) is 0 Å². The lowest BCUT2D eigenvalue weighted by molar-refractivity contribution is -0.136. The highest BCUT2D eigenvalue weighted by molar-refractivity contribution is 6.02. The van der Waals surface area contributed by atoms with Crippen molar-refractivity contribution >= 4 is 17.6 Å². The second kappa shape index (κ2) is 6.83. The van der Waals surface area contributed by atoms with Crippen LogP contribution < -0.4 is 5.32 Å². The van der Waals surface area contributed by atoms with Gasteiger partial charge in [-0.15, -0.1) is 0 Å². The van der Waals surface area contributed by atoms with Crippen LogP contribution in [0.5, 0.6) is 0 Å². The topological polar surface area (TPSA) is 79.5 Å². The number of anilines is 1. The molecule has 0 unspecified atom stereocenters. The van der Waals surface area contributed by atoms with E-state index in [1.165, 1.54) is 0 Å². The lowest BCUT2D eigenvalue weighted by Crippen LogP contribution is -2.10. The van der Waals surface area contributed by atoms with Gasteiger partial charge in [0.15, 0.2) is 5.76 Å². The largest absolute Gasteiger partial charge is 0.481 e. The summed E-state index contributed by atoms with van der Waals surface area (Å²) in [6.45, 7) is 0. The van der Waals surface area contributed by atoms with Gasteiger partial charge in [0.2, 0.25) is 0 Å². The first kappa shape index (κ1) is 15.6. The first-order valence-corrected chi connectivity index (χ1v) is 7.39. The van der Waals surface area contributed by atoms with Crippen LogP contribution >= 0.6 is 0 Å². The van der Waals surface area contributed by atoms with Crippen LogP contribution in [0.15, 0.2) is 71.1 Å². The molecule has 0 bridgehead atoms. The summed E-state index contributed by atoms with van der Waals surface area (Å²) >= 11 is 0. The summed E-state index contributed by atoms with van der Waals surface area (Å²) < 4.78 is 5.59. The molecule has 0 fully saturated rings. The summed E-state index contributed by atoms with van der Waals surface area (Å²) in [6, 6.07) is 19.6. The number of furan rings is 1. The number of carbonyl (C=O) groups is 2. The molecular formula is C19H15NO4. The van der Waals surface area contributed by atoms with Crippen molar-refractivity contribution in [3.8, 4) is 11.3 Å². The molecule has 5 heteroatoms. The number of carboxylic acids is 1. The third-order valence-corrected chi connectivity index (χ3v) is 3.46. The molecule has 1 aromatic heterocycles. The fraction of sp³-hybridized carbons (Fsp3) is 0.0526. The van der Waals surface area contributed by atoms with E-state index >= 15 is 0 Å². The van der Waals surface area contributed by atoms with Gasteiger partial charge in [-0.1, -0.05) is 42.5 Å². The molecule has 0 saturated heterocycles. The summed E-state index contributed by atoms with van der Waals surface area (Å²) in [6.07, 6.45) is -0.0488. The molecule has 0 atom stereocenters. The van der Waals surface area contributed by atoms with Gasteiger partial charge in [0.1, 0.15) is 5.76 Å². The molecule has 0 aliphatic rings. The summed E-state index contributed by atoms with van der Waals surface area (Å²) in [5, 5.41) is 11.5. The molecule has 1 heterocycles. The maximum Gasteiger partial charge on any atom is 0.307 e. The fourth-order valence-corrected chi connectivity index (χ4v) is 2.29. The van der Waals surface area contributed by atoms with E-state index in [-0.39, 0.29) is 18.1 Å². The molecule has 120 valence electrons. The summed E-state index contributed by atoms with van der Waals surface area (Å²) in [5.74, 6) is -0.417. The maximum atomic E-state index is 12.2. The minimum Gasteiger partial charge on any atom is -0.481 e. The highest BCUT2D eigenvalue weighted by Crippen LogP contribution is 2.22. The van der Waals surface area contributed by atoms with Crippen molar-refractivity contribution in [2.45, 2.75) is 6.42 Å². The Morgan fingerprint density at radius 1 is 0.917 bits per heavy atom. The summed E-state index contributed by atoms with van der Waals surface area (Å²) in [5.41, 5.74) is 2.14. The Morgan fingerprint density at radius 2 is 1.62 bits per heavy atom. The molecule has 3 rings (SSSR count). The van der Waals surface area contributed by atoms with Gasteiger partial charge in [-0.25, -0.2) is 0 Å². The van der Waals surface area contributed by atoms with Crippen LogP contribution in [0.2, 0.25) is 0 Å². The SMILES string of the molecule is O=C(O)Cc1ccc(NC(=O)c2ccc(-c3ccccc3)o2)cc1. The van der Waals surface area contributed by atoms with Gasteiger partial charge < -0.3 is 14.8 Å². The molecule has 0 spiro atoms. The average molecular weight is 321 g/mol. The Hall–Kier alpha value is -3.34. The van der Waals surface area contributed by atoms with Gasteiger partial charge in [-0.2, -0.15) is 0 Å². The molecular weight excluding hydrogens is 306 g/mol. The minimum atomic E-state index is -0.893. The molecule has 3 aromatic rings. The Balaban J connectivity index is 1.69. The van der Waals surface area contributed by atoms with E-state index in [9.17, 15) is 9.59 Å². The molecule has 2 aromatic carbocycles. The van der Waals surface area contributed by atoms with Gasteiger partial charge in [0, 0.05) is 11.3 Å². The van der Waals surface area contributed by atoms with E-state index in [4.69, 9.17) is 9.52 Å². The van der Waals surface area contributed by atoms with E-state index < -0.39 is 5.97 Å². The van der Waals surface area contributed by atoms with Gasteiger partial charge in [0.25, 0.3) is 5.91 Å². The van der Waals surface area contributed by atoms with Crippen LogP contribution in [0.4, 0.5) is 5.69 Å². The Labute approximate surface area is 138 Å². The van der Waals surface area contributed by atoms with Gasteiger partial charge in [-0.3, -0.25) is 9.59 Å². The van der Waals surface area contributed by atoms with Crippen molar-refractivity contribution in [2.75, 3.05) is 5.32 Å². The third-order valence-electron chi connectivity index (χ3n) is 3.46. The number of hydrogen-bond acceptors (Lipinski definition) is 3. The molecule has 0 aliphatic carbocycles. The third kappa shape index (κ3) is 3.70. The van der Waals surface area contributed by atoms with E-state index in [1.807, 2.05) is 30.3 Å². The normalized spacial score (nSPS) is 10.3. The molecule has 1 amide bonds. The Bertz CT molecular complexity index is 851. The quantitative estimate of drug-likeness (QED) is 0.748. The van der Waals surface area contributed by atoms with Gasteiger partial charge >= 0.3 is 5.97 Å². The Morgan fingerprint density at radius 3 is 2.29 bits per heavy atom. The first-order valence-electron chi connectivity index (χ1n) is 7.39. The number of rotatable bonds is 5. The number of amides is 1. The van der Waals surface area contributed by atoms with Crippen molar-refractivity contribution in [3.63, 3.8) is 0 Å². The van der Waals surface area contributed by atoms with Crippen LogP contribution in [0, 0.1) is 0 Å². The number of hydrogen-bond donors (Lipinski definition) is 2. The number of carboxylic acid groups (broad SMARTS) is 1. The zero-order valence-electron chi connectivity index (χ0n) is 12.7. The molecule has 5 nitrogen and oxygen atoms in total. The average Bonchev–Trinajstić information content (AvgIpc) is 3.07. The molecule has 2 N–H and O–H groups in total. The predicted octanol–water partition coefficient (Wildman–Crippen LogP) is 3.83. The van der Waals surface area contributed by atoms with Crippen LogP contribution in [0.1, 0.15) is 16.1 Å². The fourth-order valence-electron chi connectivity index (χ4n) is 2.29. The predicted molar refractivity (Wildman–Crippen MR) is 89.9 cm³/mol. The highest BCUT2D eigenvalue weighted by Gasteiger charge is 2.12. The Kier molecular flexibility index (Phi) is 4.43. The van der Waals surface area contributed by atoms with Gasteiger partial charge in [0.05, 0.1) is 6.42 Å². The number of benzene rings is 2. The second-order valence-corrected chi connectivity index (χ2v) is 5.25. The summed E-state index contributed by atoms with van der Waals surface area (Å²) in [4.78, 5) is 22.9. The van der Waals surface area contributed by atoms with E-state index in [1.54, 1.807) is 36.4 Å². The van der Waals surface area contributed by atoms with Crippen molar-refractivity contribution in [1.82, 2.24) is 0 Å². The monoisotopic (exact) mass is 321 g/mol. The molecule has 0 aliphatic heterocycles. The number of aliphatic carboxylic acids is 1. The number of carbonyl (C=O) groups excluding carboxylic acids is 1. The van der Waals surface area contributed by atoms with E-state index in [2.05, 4.69) is 5.32 Å². The van der Waals surface area contributed by atoms with E-state index in [0.29, 0.717) is 17.0 Å².